The van der Waals surface area contributed by atoms with Gasteiger partial charge >= 0.3 is 17.9 Å². The van der Waals surface area contributed by atoms with E-state index in [4.69, 9.17) is 58.4 Å². The summed E-state index contributed by atoms with van der Waals surface area (Å²) in [6, 6.07) is 47.1. The minimum Gasteiger partial charge on any atom is -0.494 e. The lowest BCUT2D eigenvalue weighted by atomic mass is 10.1. The van der Waals surface area contributed by atoms with Gasteiger partial charge in [0.25, 0.3) is 0 Å². The molecule has 0 saturated carbocycles. The van der Waals surface area contributed by atoms with Gasteiger partial charge in [0, 0.05) is 26.2 Å². The Kier molecular flexibility index (Phi) is 36.2. The quantitative estimate of drug-likeness (QED) is 0.0114. The van der Waals surface area contributed by atoms with Crippen molar-refractivity contribution in [3.8, 4) is 52.7 Å². The van der Waals surface area contributed by atoms with E-state index in [1.54, 1.807) is 109 Å². The second kappa shape index (κ2) is 45.9. The van der Waals surface area contributed by atoms with Gasteiger partial charge in [-0.15, -0.1) is 0 Å². The molecule has 96 heavy (non-hydrogen) atoms. The van der Waals surface area contributed by atoms with Gasteiger partial charge in [-0.2, -0.15) is 15.8 Å². The van der Waals surface area contributed by atoms with Crippen molar-refractivity contribution >= 4 is 34.6 Å². The van der Waals surface area contributed by atoms with Crippen LogP contribution in [0.4, 0.5) is 0 Å². The molecule has 0 spiro atoms. The molecular formula is C81H95N3O12. The number of nitrogens with zero attached hydrogens (tertiary/aromatic N) is 3. The van der Waals surface area contributed by atoms with Gasteiger partial charge in [-0.05, 0) is 164 Å². The minimum absolute atomic E-state index is 0.241. The highest BCUT2D eigenvalue weighted by Gasteiger charge is 2.17. The summed E-state index contributed by atoms with van der Waals surface area (Å²) in [5.74, 6) is 1.65. The van der Waals surface area contributed by atoms with Gasteiger partial charge in [0.1, 0.15) is 34.5 Å². The first-order valence-corrected chi connectivity index (χ1v) is 34.3. The average molecular weight is 1300 g/mol. The van der Waals surface area contributed by atoms with Gasteiger partial charge in [0.2, 0.25) is 0 Å². The SMILES string of the molecule is C=C(C(=O)Oc1ccc(C#N)cc1)c1ccc(OCCCCCCCCCCOCCC(OCCCCCCCCCCOc2ccc(C(=C)C(=O)Oc3ccc(C#N)cc3)cc2)OCCCCCCCCCCOc2ccc(C(=C)C(=O)Oc3ccc(C#N)cc3)cc2)cc1. The van der Waals surface area contributed by atoms with E-state index >= 15 is 0 Å². The van der Waals surface area contributed by atoms with Crippen LogP contribution in [0, 0.1) is 34.0 Å². The number of carbonyl (C=O) groups excluding carboxylic acids is 3. The summed E-state index contributed by atoms with van der Waals surface area (Å²) in [5.41, 5.74) is 4.15. The van der Waals surface area contributed by atoms with Gasteiger partial charge in [0.15, 0.2) is 6.29 Å². The average Bonchev–Trinajstić information content (AvgIpc) is 1.24. The van der Waals surface area contributed by atoms with E-state index in [-0.39, 0.29) is 23.0 Å². The van der Waals surface area contributed by atoms with Crippen molar-refractivity contribution in [2.45, 2.75) is 167 Å². The summed E-state index contributed by atoms with van der Waals surface area (Å²) in [6.07, 6.45) is 27.4. The molecule has 6 aromatic carbocycles. The van der Waals surface area contributed by atoms with E-state index in [1.165, 1.54) is 77.0 Å². The van der Waals surface area contributed by atoms with E-state index in [0.29, 0.717) is 90.3 Å². The van der Waals surface area contributed by atoms with Crippen LogP contribution in [0.3, 0.4) is 0 Å². The molecule has 6 aromatic rings. The number of esters is 3. The summed E-state index contributed by atoms with van der Waals surface area (Å²) in [7, 11) is 0. The van der Waals surface area contributed by atoms with Crippen LogP contribution in [0.2, 0.25) is 0 Å². The molecule has 0 aromatic heterocycles. The van der Waals surface area contributed by atoms with Crippen molar-refractivity contribution in [1.29, 1.82) is 15.8 Å². The van der Waals surface area contributed by atoms with Crippen molar-refractivity contribution in [3.63, 3.8) is 0 Å². The number of ether oxygens (including phenoxy) is 9. The topological polar surface area (TPSA) is 206 Å². The van der Waals surface area contributed by atoms with Gasteiger partial charge in [-0.25, -0.2) is 14.4 Å². The summed E-state index contributed by atoms with van der Waals surface area (Å²) < 4.78 is 52.9. The number of hydrogen-bond acceptors (Lipinski definition) is 15. The van der Waals surface area contributed by atoms with Crippen LogP contribution < -0.4 is 28.4 Å². The maximum atomic E-state index is 12.6. The zero-order valence-electron chi connectivity index (χ0n) is 55.9. The number of rotatable bonds is 50. The molecule has 0 aliphatic rings. The molecule has 506 valence electrons. The largest absolute Gasteiger partial charge is 0.494 e. The molecule has 0 amide bonds. The summed E-state index contributed by atoms with van der Waals surface area (Å²) in [4.78, 5) is 37.9. The van der Waals surface area contributed by atoms with Crippen molar-refractivity contribution in [2.24, 2.45) is 0 Å². The Hall–Kier alpha value is -9.30. The molecule has 0 atom stereocenters. The normalized spacial score (nSPS) is 10.8. The van der Waals surface area contributed by atoms with E-state index in [1.807, 2.05) is 54.6 Å². The molecule has 0 aliphatic heterocycles. The molecule has 0 unspecified atom stereocenters. The first kappa shape index (κ1) is 75.7. The molecule has 0 heterocycles. The molecule has 15 heteroatoms. The maximum absolute atomic E-state index is 12.6. The lowest BCUT2D eigenvalue weighted by Crippen LogP contribution is -2.21. The molecule has 15 nitrogen and oxygen atoms in total. The third kappa shape index (κ3) is 30.4. The Bertz CT molecular complexity index is 3250. The predicted octanol–water partition coefficient (Wildman–Crippen LogP) is 18.8. The molecule has 6 rings (SSSR count). The molecule has 0 N–H and O–H groups in total. The van der Waals surface area contributed by atoms with Crippen LogP contribution in [-0.2, 0) is 28.6 Å². The molecule has 0 radical (unpaired) electrons. The van der Waals surface area contributed by atoms with Gasteiger partial charge in [0.05, 0.1) is 78.0 Å². The number of carbonyl (C=O) groups is 3. The fourth-order valence-corrected chi connectivity index (χ4v) is 10.3. The van der Waals surface area contributed by atoms with Crippen LogP contribution in [0.25, 0.3) is 16.7 Å². The highest BCUT2D eigenvalue weighted by Crippen LogP contribution is 2.26. The zero-order valence-corrected chi connectivity index (χ0v) is 55.9. The Labute approximate surface area is 569 Å². The maximum Gasteiger partial charge on any atom is 0.343 e. The standard InChI is InChI=1S/C81H95N3O12/c1-63(79(85)94-75-40-28-66(60-82)29-41-75)69-34-46-72(47-35-69)89-54-23-17-11-5-4-10-16-22-53-88-59-52-78(92-57-26-20-14-8-6-12-18-24-55-90-73-48-36-70(37-49-73)64(2)80(86)95-76-42-30-67(61-83)31-43-76)93-58-27-21-15-9-7-13-19-25-56-91-74-50-38-71(39-51-74)65(3)81(87)96-77-44-32-68(62-84)33-45-77/h28-51,78H,1-27,52-59H2. The Morgan fingerprint density at radius 2 is 0.521 bits per heavy atom. The number of unbranched alkanes of at least 4 members (excludes halogenated alkanes) is 21. The fraction of sp³-hybridized carbons (Fsp3) is 0.407. The van der Waals surface area contributed by atoms with E-state index < -0.39 is 17.9 Å². The smallest absolute Gasteiger partial charge is 0.343 e. The molecule has 0 bridgehead atoms. The number of benzene rings is 6. The lowest BCUT2D eigenvalue weighted by molar-refractivity contribution is -0.154. The van der Waals surface area contributed by atoms with E-state index in [2.05, 4.69) is 19.7 Å². The Balaban J connectivity index is 0.770. The first-order valence-electron chi connectivity index (χ1n) is 34.3. The highest BCUT2D eigenvalue weighted by molar-refractivity contribution is 6.17. The Morgan fingerprint density at radius 1 is 0.292 bits per heavy atom. The highest BCUT2D eigenvalue weighted by atomic mass is 16.7. The lowest BCUT2D eigenvalue weighted by Gasteiger charge is -2.19. The minimum atomic E-state index is -0.550. The molecular weight excluding hydrogens is 1210 g/mol. The third-order valence-electron chi connectivity index (χ3n) is 16.1. The van der Waals surface area contributed by atoms with Crippen LogP contribution in [0.15, 0.2) is 165 Å². The fourth-order valence-electron chi connectivity index (χ4n) is 10.3. The van der Waals surface area contributed by atoms with Crippen molar-refractivity contribution in [1.82, 2.24) is 0 Å². The van der Waals surface area contributed by atoms with E-state index in [9.17, 15) is 14.4 Å². The van der Waals surface area contributed by atoms with Gasteiger partial charge < -0.3 is 42.6 Å². The first-order chi connectivity index (χ1) is 47.0. The van der Waals surface area contributed by atoms with Crippen molar-refractivity contribution in [2.75, 3.05) is 46.2 Å². The molecule has 0 saturated heterocycles. The van der Waals surface area contributed by atoms with Gasteiger partial charge in [-0.1, -0.05) is 172 Å². The van der Waals surface area contributed by atoms with Crippen molar-refractivity contribution in [3.05, 3.63) is 199 Å². The molecule has 0 aliphatic carbocycles. The second-order valence-corrected chi connectivity index (χ2v) is 23.7. The van der Waals surface area contributed by atoms with Crippen molar-refractivity contribution < 1.29 is 57.0 Å². The summed E-state index contributed by atoms with van der Waals surface area (Å²) in [5, 5.41) is 27.0. The van der Waals surface area contributed by atoms with Crippen LogP contribution in [0.5, 0.6) is 34.5 Å². The number of nitriles is 3. The van der Waals surface area contributed by atoms with Gasteiger partial charge in [-0.3, -0.25) is 0 Å². The number of hydrogen-bond donors (Lipinski definition) is 0. The Morgan fingerprint density at radius 3 is 0.781 bits per heavy atom. The zero-order chi connectivity index (χ0) is 68.1. The summed E-state index contributed by atoms with van der Waals surface area (Å²) >= 11 is 0. The second-order valence-electron chi connectivity index (χ2n) is 23.7. The van der Waals surface area contributed by atoms with E-state index in [0.717, 1.165) is 107 Å². The van der Waals surface area contributed by atoms with Crippen LogP contribution >= 0.6 is 0 Å². The summed E-state index contributed by atoms with van der Waals surface area (Å²) in [6.45, 7) is 16.3. The predicted molar refractivity (Wildman–Crippen MR) is 375 cm³/mol. The monoisotopic (exact) mass is 1300 g/mol. The van der Waals surface area contributed by atoms with Crippen LogP contribution in [-0.4, -0.2) is 70.4 Å². The third-order valence-corrected chi connectivity index (χ3v) is 16.1. The van der Waals surface area contributed by atoms with Crippen LogP contribution in [0.1, 0.15) is 194 Å². The molecule has 0 fully saturated rings.